The second-order valence-electron chi connectivity index (χ2n) is 6.66. The molecule has 3 rings (SSSR count). The minimum absolute atomic E-state index is 0.0560. The summed E-state index contributed by atoms with van der Waals surface area (Å²) in [5, 5.41) is 3.55. The number of nitrogens with zero attached hydrogens (tertiary/aromatic N) is 1. The summed E-state index contributed by atoms with van der Waals surface area (Å²) in [6, 6.07) is 10.4. The average molecular weight is 288 g/mol. The van der Waals surface area contributed by atoms with Crippen LogP contribution in [0.4, 0.5) is 0 Å². The molecule has 2 aliphatic heterocycles. The highest BCUT2D eigenvalue weighted by Gasteiger charge is 2.39. The van der Waals surface area contributed by atoms with Gasteiger partial charge in [-0.2, -0.15) is 0 Å². The van der Waals surface area contributed by atoms with Crippen molar-refractivity contribution < 1.29 is 9.53 Å². The van der Waals surface area contributed by atoms with Crippen LogP contribution in [0.3, 0.4) is 0 Å². The highest BCUT2D eigenvalue weighted by Crippen LogP contribution is 2.29. The van der Waals surface area contributed by atoms with Gasteiger partial charge in [-0.3, -0.25) is 4.79 Å². The number of carbonyl (C=O) groups excluding carboxylic acids is 1. The molecule has 4 nitrogen and oxygen atoms in total. The largest absolute Gasteiger partial charge is 0.368 e. The Bertz CT molecular complexity index is 495. The van der Waals surface area contributed by atoms with Crippen molar-refractivity contribution >= 4 is 5.91 Å². The molecule has 2 aliphatic rings. The van der Waals surface area contributed by atoms with E-state index in [0.29, 0.717) is 13.2 Å². The Balaban J connectivity index is 1.85. The smallest absolute Gasteiger partial charge is 0.252 e. The van der Waals surface area contributed by atoms with Gasteiger partial charge in [-0.25, -0.2) is 0 Å². The Morgan fingerprint density at radius 2 is 2.10 bits per heavy atom. The van der Waals surface area contributed by atoms with Crippen LogP contribution in [0.25, 0.3) is 0 Å². The Hall–Kier alpha value is -1.39. The third-order valence-corrected chi connectivity index (χ3v) is 4.39. The molecule has 1 amide bonds. The second kappa shape index (κ2) is 5.78. The molecule has 114 valence electrons. The van der Waals surface area contributed by atoms with Crippen LogP contribution < -0.4 is 5.32 Å². The molecule has 0 spiro atoms. The summed E-state index contributed by atoms with van der Waals surface area (Å²) in [6.07, 6.45) is 1.59. The molecular weight excluding hydrogens is 264 g/mol. The van der Waals surface area contributed by atoms with Gasteiger partial charge in [0.25, 0.3) is 5.91 Å². The molecule has 1 aromatic carbocycles. The highest BCUT2D eigenvalue weighted by molar-refractivity contribution is 5.82. The fourth-order valence-corrected chi connectivity index (χ4v) is 3.24. The molecule has 1 N–H and O–H groups in total. The molecule has 0 aromatic heterocycles. The average Bonchev–Trinajstić information content (AvgIpc) is 3.01. The van der Waals surface area contributed by atoms with E-state index in [1.165, 1.54) is 5.56 Å². The van der Waals surface area contributed by atoms with Gasteiger partial charge in [-0.15, -0.1) is 0 Å². The molecule has 0 radical (unpaired) electrons. The highest BCUT2D eigenvalue weighted by atomic mass is 16.5. The van der Waals surface area contributed by atoms with Gasteiger partial charge in [0.15, 0.2) is 0 Å². The van der Waals surface area contributed by atoms with Crippen LogP contribution >= 0.6 is 0 Å². The van der Waals surface area contributed by atoms with Crippen molar-refractivity contribution in [2.75, 3.05) is 19.7 Å². The van der Waals surface area contributed by atoms with Gasteiger partial charge in [0.2, 0.25) is 0 Å². The topological polar surface area (TPSA) is 41.6 Å². The fourth-order valence-electron chi connectivity index (χ4n) is 3.24. The van der Waals surface area contributed by atoms with Crippen LogP contribution in [0.1, 0.15) is 38.3 Å². The number of carbonyl (C=O) groups is 1. The molecule has 2 saturated heterocycles. The van der Waals surface area contributed by atoms with Crippen molar-refractivity contribution in [3.8, 4) is 0 Å². The molecule has 2 fully saturated rings. The quantitative estimate of drug-likeness (QED) is 0.906. The van der Waals surface area contributed by atoms with E-state index in [0.717, 1.165) is 19.4 Å². The summed E-state index contributed by atoms with van der Waals surface area (Å²) in [6.45, 7) is 6.50. The number of ether oxygens (including phenoxy) is 1. The number of amides is 1. The summed E-state index contributed by atoms with van der Waals surface area (Å²) in [5.74, 6) is 0.149. The van der Waals surface area contributed by atoms with Crippen LogP contribution in [-0.4, -0.2) is 42.1 Å². The van der Waals surface area contributed by atoms with E-state index in [1.807, 2.05) is 23.1 Å². The number of piperazine rings is 1. The summed E-state index contributed by atoms with van der Waals surface area (Å²) in [7, 11) is 0. The standard InChI is InChI=1S/C17H24N2O2/c1-17(2)12-19(16(20)15-9-6-10-21-15)14(11-18-17)13-7-4-3-5-8-13/h3-5,7-8,14-15,18H,6,9-12H2,1-2H3. The molecule has 2 unspecified atom stereocenters. The van der Waals surface area contributed by atoms with E-state index in [1.54, 1.807) is 0 Å². The Morgan fingerprint density at radius 1 is 1.33 bits per heavy atom. The van der Waals surface area contributed by atoms with Gasteiger partial charge in [0.1, 0.15) is 6.10 Å². The zero-order chi connectivity index (χ0) is 14.9. The molecule has 2 atom stereocenters. The normalized spacial score (nSPS) is 28.6. The van der Waals surface area contributed by atoms with Gasteiger partial charge in [-0.1, -0.05) is 30.3 Å². The van der Waals surface area contributed by atoms with Crippen molar-refractivity contribution in [3.05, 3.63) is 35.9 Å². The van der Waals surface area contributed by atoms with Crippen LogP contribution in [0.5, 0.6) is 0 Å². The lowest BCUT2D eigenvalue weighted by atomic mass is 9.94. The maximum absolute atomic E-state index is 12.8. The van der Waals surface area contributed by atoms with Crippen LogP contribution in [-0.2, 0) is 9.53 Å². The third-order valence-electron chi connectivity index (χ3n) is 4.39. The molecule has 1 aromatic rings. The number of nitrogens with one attached hydrogen (secondary N) is 1. The SMILES string of the molecule is CC1(C)CN(C(=O)C2CCCO2)C(c2ccccc2)CN1. The lowest BCUT2D eigenvalue weighted by Crippen LogP contribution is -2.61. The van der Waals surface area contributed by atoms with Gasteiger partial charge >= 0.3 is 0 Å². The summed E-state index contributed by atoms with van der Waals surface area (Å²) in [5.41, 5.74) is 1.13. The maximum Gasteiger partial charge on any atom is 0.252 e. The van der Waals surface area contributed by atoms with E-state index in [2.05, 4.69) is 31.3 Å². The van der Waals surface area contributed by atoms with E-state index in [4.69, 9.17) is 4.74 Å². The maximum atomic E-state index is 12.8. The minimum atomic E-state index is -0.245. The Kier molecular flexibility index (Phi) is 4.00. The first-order valence-corrected chi connectivity index (χ1v) is 7.79. The minimum Gasteiger partial charge on any atom is -0.368 e. The Morgan fingerprint density at radius 3 is 2.76 bits per heavy atom. The number of hydrogen-bond donors (Lipinski definition) is 1. The Labute approximate surface area is 126 Å². The zero-order valence-corrected chi connectivity index (χ0v) is 12.8. The van der Waals surface area contributed by atoms with E-state index >= 15 is 0 Å². The lowest BCUT2D eigenvalue weighted by molar-refractivity contribution is -0.146. The molecule has 2 heterocycles. The first-order valence-electron chi connectivity index (χ1n) is 7.79. The first kappa shape index (κ1) is 14.5. The van der Waals surface area contributed by atoms with Crippen molar-refractivity contribution in [1.82, 2.24) is 10.2 Å². The summed E-state index contributed by atoms with van der Waals surface area (Å²) < 4.78 is 5.61. The molecule has 4 heteroatoms. The predicted octanol–water partition coefficient (Wildman–Crippen LogP) is 2.12. The molecule has 21 heavy (non-hydrogen) atoms. The molecule has 0 saturated carbocycles. The second-order valence-corrected chi connectivity index (χ2v) is 6.66. The summed E-state index contributed by atoms with van der Waals surface area (Å²) in [4.78, 5) is 14.9. The molecule has 0 bridgehead atoms. The van der Waals surface area contributed by atoms with Gasteiger partial charge in [-0.05, 0) is 32.3 Å². The van der Waals surface area contributed by atoms with E-state index < -0.39 is 0 Å². The van der Waals surface area contributed by atoms with Crippen LogP contribution in [0.2, 0.25) is 0 Å². The molecular formula is C17H24N2O2. The number of rotatable bonds is 2. The van der Waals surface area contributed by atoms with Gasteiger partial charge in [0, 0.05) is 25.2 Å². The van der Waals surface area contributed by atoms with Crippen molar-refractivity contribution in [2.45, 2.75) is 44.4 Å². The summed E-state index contributed by atoms with van der Waals surface area (Å²) >= 11 is 0. The first-order chi connectivity index (χ1) is 10.1. The number of hydrogen-bond acceptors (Lipinski definition) is 3. The van der Waals surface area contributed by atoms with E-state index in [9.17, 15) is 4.79 Å². The monoisotopic (exact) mass is 288 g/mol. The van der Waals surface area contributed by atoms with Crippen LogP contribution in [0.15, 0.2) is 30.3 Å². The van der Waals surface area contributed by atoms with Crippen molar-refractivity contribution in [1.29, 1.82) is 0 Å². The lowest BCUT2D eigenvalue weighted by Gasteiger charge is -2.45. The molecule has 0 aliphatic carbocycles. The van der Waals surface area contributed by atoms with Gasteiger partial charge < -0.3 is 15.0 Å². The predicted molar refractivity (Wildman–Crippen MR) is 82.0 cm³/mol. The third kappa shape index (κ3) is 3.11. The van der Waals surface area contributed by atoms with Crippen molar-refractivity contribution in [3.63, 3.8) is 0 Å². The van der Waals surface area contributed by atoms with E-state index in [-0.39, 0.29) is 23.6 Å². The van der Waals surface area contributed by atoms with Crippen LogP contribution in [0, 0.1) is 0 Å². The number of benzene rings is 1. The fraction of sp³-hybridized carbons (Fsp3) is 0.588. The van der Waals surface area contributed by atoms with Crippen molar-refractivity contribution in [2.24, 2.45) is 0 Å². The van der Waals surface area contributed by atoms with Gasteiger partial charge in [0.05, 0.1) is 6.04 Å². The zero-order valence-electron chi connectivity index (χ0n) is 12.8.